The minimum atomic E-state index is -0.995. The Bertz CT molecular complexity index is 530. The zero-order valence-electron chi connectivity index (χ0n) is 11.9. The van der Waals surface area contributed by atoms with Crippen LogP contribution in [0.5, 0.6) is 5.75 Å². The van der Waals surface area contributed by atoms with E-state index in [9.17, 15) is 14.4 Å². The third-order valence-electron chi connectivity index (χ3n) is 2.56. The van der Waals surface area contributed by atoms with Crippen LogP contribution in [0.2, 0.25) is 0 Å². The highest BCUT2D eigenvalue weighted by atomic mass is 16.5. The van der Waals surface area contributed by atoms with Crippen molar-refractivity contribution in [1.29, 1.82) is 0 Å². The Balaban J connectivity index is 2.70. The number of hydrogen-bond donors (Lipinski definition) is 3. The Hall–Kier alpha value is -2.57. The lowest BCUT2D eigenvalue weighted by Gasteiger charge is -2.16. The number of carboxylic acid groups (broad SMARTS) is 1. The predicted molar refractivity (Wildman–Crippen MR) is 75.1 cm³/mol. The average molecular weight is 294 g/mol. The van der Waals surface area contributed by atoms with E-state index in [1.807, 2.05) is 0 Å². The topological polar surface area (TPSA) is 105 Å². The van der Waals surface area contributed by atoms with E-state index in [0.29, 0.717) is 17.9 Å². The van der Waals surface area contributed by atoms with E-state index in [1.54, 1.807) is 31.2 Å². The molecule has 3 amide bonds. The Labute approximate surface area is 122 Å². The summed E-state index contributed by atoms with van der Waals surface area (Å²) in [6.07, 6.45) is -1.14. The number of hydrogen-bond acceptors (Lipinski definition) is 4. The van der Waals surface area contributed by atoms with Crippen LogP contribution in [0.15, 0.2) is 24.3 Å². The van der Waals surface area contributed by atoms with Gasteiger partial charge >= 0.3 is 12.0 Å². The minimum absolute atomic E-state index is 0.208. The van der Waals surface area contributed by atoms with Crippen LogP contribution in [0.3, 0.4) is 0 Å². The molecule has 1 atom stereocenters. The molecule has 0 aliphatic rings. The predicted octanol–water partition coefficient (Wildman–Crippen LogP) is 0.927. The molecule has 0 spiro atoms. The van der Waals surface area contributed by atoms with Crippen molar-refractivity contribution in [3.8, 4) is 5.75 Å². The molecule has 1 aromatic rings. The fraction of sp³-hybridized carbons (Fsp3) is 0.357. The number of nitrogens with one attached hydrogen (secondary N) is 2. The highest BCUT2D eigenvalue weighted by Crippen LogP contribution is 2.20. The number of ether oxygens (including phenoxy) is 1. The van der Waals surface area contributed by atoms with E-state index in [2.05, 4.69) is 10.6 Å². The molecule has 21 heavy (non-hydrogen) atoms. The molecule has 7 nitrogen and oxygen atoms in total. The molecule has 0 radical (unpaired) electrons. The quantitative estimate of drug-likeness (QED) is 0.724. The molecule has 0 aliphatic heterocycles. The molecule has 0 fully saturated rings. The molecule has 1 rings (SSSR count). The molecule has 7 heteroatoms. The van der Waals surface area contributed by atoms with Gasteiger partial charge in [-0.25, -0.2) is 4.79 Å². The van der Waals surface area contributed by atoms with E-state index < -0.39 is 24.0 Å². The van der Waals surface area contributed by atoms with Gasteiger partial charge in [0.25, 0.3) is 5.91 Å². The van der Waals surface area contributed by atoms with E-state index in [1.165, 1.54) is 6.92 Å². The first-order chi connectivity index (χ1) is 9.93. The summed E-state index contributed by atoms with van der Waals surface area (Å²) in [6, 6.07) is 5.95. The molecule has 0 bridgehead atoms. The van der Waals surface area contributed by atoms with Crippen LogP contribution in [0, 0.1) is 0 Å². The monoisotopic (exact) mass is 294 g/mol. The molecule has 3 N–H and O–H groups in total. The van der Waals surface area contributed by atoms with Crippen molar-refractivity contribution in [3.05, 3.63) is 29.8 Å². The molecular formula is C14H18N2O5. The summed E-state index contributed by atoms with van der Waals surface area (Å²) >= 11 is 0. The highest BCUT2D eigenvalue weighted by Gasteiger charge is 2.18. The van der Waals surface area contributed by atoms with E-state index in [-0.39, 0.29) is 6.42 Å². The molecule has 114 valence electrons. The first kappa shape index (κ1) is 16.5. The molecule has 0 saturated heterocycles. The van der Waals surface area contributed by atoms with Crippen LogP contribution in [-0.4, -0.2) is 35.7 Å². The normalized spacial score (nSPS) is 11.3. The second-order valence-electron chi connectivity index (χ2n) is 4.29. The standard InChI is InChI=1S/C14H18N2O5/c1-3-15-14(20)16-13(19)9(2)21-11-7-5-4-6-10(11)8-12(17)18/h4-7,9H,3,8H2,1-2H3,(H,17,18)(H2,15,16,19,20). The van der Waals surface area contributed by atoms with Gasteiger partial charge in [-0.15, -0.1) is 0 Å². The summed E-state index contributed by atoms with van der Waals surface area (Å²) < 4.78 is 5.43. The molecule has 1 aromatic carbocycles. The second kappa shape index (κ2) is 7.88. The third kappa shape index (κ3) is 5.52. The van der Waals surface area contributed by atoms with Gasteiger partial charge in [-0.1, -0.05) is 18.2 Å². The molecule has 0 aliphatic carbocycles. The van der Waals surface area contributed by atoms with Crippen molar-refractivity contribution in [2.24, 2.45) is 0 Å². The lowest BCUT2D eigenvalue weighted by Crippen LogP contribution is -2.45. The van der Waals surface area contributed by atoms with Crippen LogP contribution in [-0.2, 0) is 16.0 Å². The zero-order valence-corrected chi connectivity index (χ0v) is 11.9. The van der Waals surface area contributed by atoms with Crippen LogP contribution in [0.4, 0.5) is 4.79 Å². The summed E-state index contributed by atoms with van der Waals surface area (Å²) in [5, 5.41) is 13.4. The number of urea groups is 1. The number of carbonyl (C=O) groups is 3. The molecule has 1 unspecified atom stereocenters. The number of para-hydroxylation sites is 1. The lowest BCUT2D eigenvalue weighted by molar-refractivity contribution is -0.136. The van der Waals surface area contributed by atoms with Crippen molar-refractivity contribution in [3.63, 3.8) is 0 Å². The van der Waals surface area contributed by atoms with Gasteiger partial charge in [0.2, 0.25) is 0 Å². The Morgan fingerprint density at radius 3 is 2.57 bits per heavy atom. The smallest absolute Gasteiger partial charge is 0.321 e. The van der Waals surface area contributed by atoms with Crippen LogP contribution in [0.25, 0.3) is 0 Å². The van der Waals surface area contributed by atoms with Crippen LogP contribution in [0.1, 0.15) is 19.4 Å². The van der Waals surface area contributed by atoms with Gasteiger partial charge in [0.05, 0.1) is 6.42 Å². The first-order valence-corrected chi connectivity index (χ1v) is 6.49. The van der Waals surface area contributed by atoms with Crippen molar-refractivity contribution in [2.45, 2.75) is 26.4 Å². The zero-order chi connectivity index (χ0) is 15.8. The number of carboxylic acids is 1. The number of amides is 3. The van der Waals surface area contributed by atoms with Crippen molar-refractivity contribution in [1.82, 2.24) is 10.6 Å². The maximum Gasteiger partial charge on any atom is 0.321 e. The van der Waals surface area contributed by atoms with Gasteiger partial charge in [-0.3, -0.25) is 14.9 Å². The molecule has 0 saturated carbocycles. The van der Waals surface area contributed by atoms with Crippen LogP contribution < -0.4 is 15.4 Å². The SMILES string of the molecule is CCNC(=O)NC(=O)C(C)Oc1ccccc1CC(=O)O. The maximum atomic E-state index is 11.8. The van der Waals surface area contributed by atoms with Gasteiger partial charge in [-0.2, -0.15) is 0 Å². The summed E-state index contributed by atoms with van der Waals surface area (Å²) in [6.45, 7) is 3.61. The Kier molecular flexibility index (Phi) is 6.19. The number of imide groups is 1. The lowest BCUT2D eigenvalue weighted by atomic mass is 10.1. The largest absolute Gasteiger partial charge is 0.481 e. The average Bonchev–Trinajstić information content (AvgIpc) is 2.40. The van der Waals surface area contributed by atoms with Crippen molar-refractivity contribution < 1.29 is 24.2 Å². The highest BCUT2D eigenvalue weighted by molar-refractivity contribution is 5.96. The molecular weight excluding hydrogens is 276 g/mol. The summed E-state index contributed by atoms with van der Waals surface area (Å²) in [5.41, 5.74) is 0.461. The number of rotatable bonds is 6. The minimum Gasteiger partial charge on any atom is -0.481 e. The second-order valence-corrected chi connectivity index (χ2v) is 4.29. The van der Waals surface area contributed by atoms with Gasteiger partial charge in [-0.05, 0) is 19.9 Å². The van der Waals surface area contributed by atoms with Gasteiger partial charge in [0.15, 0.2) is 6.10 Å². The maximum absolute atomic E-state index is 11.8. The number of carbonyl (C=O) groups excluding carboxylic acids is 2. The van der Waals surface area contributed by atoms with Crippen molar-refractivity contribution >= 4 is 17.9 Å². The van der Waals surface area contributed by atoms with E-state index in [0.717, 1.165) is 0 Å². The fourth-order valence-corrected chi connectivity index (χ4v) is 1.59. The van der Waals surface area contributed by atoms with Crippen molar-refractivity contribution in [2.75, 3.05) is 6.54 Å². The first-order valence-electron chi connectivity index (χ1n) is 6.49. The number of aliphatic carboxylic acids is 1. The summed E-state index contributed by atoms with van der Waals surface area (Å²) in [4.78, 5) is 33.8. The van der Waals surface area contributed by atoms with E-state index in [4.69, 9.17) is 9.84 Å². The summed E-state index contributed by atoms with van der Waals surface area (Å²) in [7, 11) is 0. The number of benzene rings is 1. The molecule has 0 aromatic heterocycles. The fourth-order valence-electron chi connectivity index (χ4n) is 1.59. The molecule has 0 heterocycles. The van der Waals surface area contributed by atoms with Gasteiger partial charge < -0.3 is 15.2 Å². The van der Waals surface area contributed by atoms with Gasteiger partial charge in [0.1, 0.15) is 5.75 Å². The van der Waals surface area contributed by atoms with Crippen LogP contribution >= 0.6 is 0 Å². The third-order valence-corrected chi connectivity index (χ3v) is 2.56. The van der Waals surface area contributed by atoms with Gasteiger partial charge in [0, 0.05) is 12.1 Å². The Morgan fingerprint density at radius 1 is 1.29 bits per heavy atom. The summed E-state index contributed by atoms with van der Waals surface area (Å²) in [5.74, 6) is -1.30. The Morgan fingerprint density at radius 2 is 1.95 bits per heavy atom. The van der Waals surface area contributed by atoms with E-state index >= 15 is 0 Å².